The Morgan fingerprint density at radius 3 is 2.36 bits per heavy atom. The summed E-state index contributed by atoms with van der Waals surface area (Å²) < 4.78 is 4.71. The van der Waals surface area contributed by atoms with Crippen LogP contribution in [0.2, 0.25) is 0 Å². The van der Waals surface area contributed by atoms with E-state index in [-0.39, 0.29) is 25.0 Å². The molecule has 1 amide bonds. The van der Waals surface area contributed by atoms with E-state index in [0.717, 1.165) is 5.56 Å². The number of hydrogen-bond acceptors (Lipinski definition) is 4. The van der Waals surface area contributed by atoms with Gasteiger partial charge in [0.25, 0.3) is 0 Å². The smallest absolute Gasteiger partial charge is 0.310 e. The van der Waals surface area contributed by atoms with Crippen LogP contribution in [0.3, 0.4) is 0 Å². The van der Waals surface area contributed by atoms with Gasteiger partial charge in [-0.1, -0.05) is 45.0 Å². The molecule has 5 heteroatoms. The molecule has 0 fully saturated rings. The maximum atomic E-state index is 12.4. The molecule has 0 saturated heterocycles. The Balaban J connectivity index is 2.77. The average molecular weight is 347 g/mol. The summed E-state index contributed by atoms with van der Waals surface area (Å²) in [6, 6.07) is 8.07. The van der Waals surface area contributed by atoms with E-state index in [1.807, 2.05) is 12.1 Å². The number of methoxy groups -OCH3 is 1. The second-order valence-electron chi connectivity index (χ2n) is 6.44. The van der Waals surface area contributed by atoms with Gasteiger partial charge in [-0.05, 0) is 29.5 Å². The molecule has 0 aliphatic heterocycles. The van der Waals surface area contributed by atoms with Crippen molar-refractivity contribution in [3.8, 4) is 0 Å². The van der Waals surface area contributed by atoms with Gasteiger partial charge >= 0.3 is 5.97 Å². The minimum absolute atomic E-state index is 0.00321. The Morgan fingerprint density at radius 2 is 1.84 bits per heavy atom. The lowest BCUT2D eigenvalue weighted by Gasteiger charge is -2.23. The molecule has 0 aliphatic rings. The summed E-state index contributed by atoms with van der Waals surface area (Å²) in [7, 11) is 1.33. The molecule has 1 rings (SSSR count). The Bertz CT molecular complexity index is 578. The number of aliphatic hydroxyl groups excluding tert-OH is 1. The van der Waals surface area contributed by atoms with E-state index in [4.69, 9.17) is 9.84 Å². The van der Waals surface area contributed by atoms with Crippen LogP contribution in [0.5, 0.6) is 0 Å². The highest BCUT2D eigenvalue weighted by atomic mass is 16.5. The molecule has 0 spiro atoms. The first-order valence-corrected chi connectivity index (χ1v) is 8.64. The standard InChI is InChI=1S/C20H29NO4/c1-15(2)18-9-6-17(7-10-18)8-11-19(23)21(12-5-13-22)14-16(3)20(24)25-4/h6-11,15-16,22H,5,12-14H2,1-4H3/b11-8+. The number of hydrogen-bond donors (Lipinski definition) is 1. The number of benzene rings is 1. The Kier molecular flexibility index (Phi) is 8.92. The third-order valence-electron chi connectivity index (χ3n) is 4.02. The van der Waals surface area contributed by atoms with Gasteiger partial charge in [-0.25, -0.2) is 0 Å². The van der Waals surface area contributed by atoms with Gasteiger partial charge in [0.05, 0.1) is 13.0 Å². The topological polar surface area (TPSA) is 66.8 Å². The number of rotatable bonds is 9. The van der Waals surface area contributed by atoms with Crippen molar-refractivity contribution < 1.29 is 19.4 Å². The Morgan fingerprint density at radius 1 is 1.20 bits per heavy atom. The van der Waals surface area contributed by atoms with Crippen molar-refractivity contribution in [2.24, 2.45) is 5.92 Å². The fourth-order valence-electron chi connectivity index (χ4n) is 2.42. The molecular formula is C20H29NO4. The van der Waals surface area contributed by atoms with Crippen molar-refractivity contribution >= 4 is 18.0 Å². The number of carbonyl (C=O) groups excluding carboxylic acids is 2. The molecule has 1 aromatic carbocycles. The highest BCUT2D eigenvalue weighted by Crippen LogP contribution is 2.15. The summed E-state index contributed by atoms with van der Waals surface area (Å²) in [5.41, 5.74) is 2.20. The lowest BCUT2D eigenvalue weighted by molar-refractivity contribution is -0.146. The molecule has 0 saturated carbocycles. The highest BCUT2D eigenvalue weighted by Gasteiger charge is 2.19. The number of amides is 1. The van der Waals surface area contributed by atoms with Crippen LogP contribution in [0.25, 0.3) is 6.08 Å². The van der Waals surface area contributed by atoms with Gasteiger partial charge in [0.1, 0.15) is 0 Å². The van der Waals surface area contributed by atoms with E-state index >= 15 is 0 Å². The van der Waals surface area contributed by atoms with Crippen LogP contribution in [-0.2, 0) is 14.3 Å². The van der Waals surface area contributed by atoms with Gasteiger partial charge in [-0.3, -0.25) is 9.59 Å². The molecule has 0 aromatic heterocycles. The van der Waals surface area contributed by atoms with Crippen LogP contribution in [0.15, 0.2) is 30.3 Å². The summed E-state index contributed by atoms with van der Waals surface area (Å²) in [5, 5.41) is 9.02. The van der Waals surface area contributed by atoms with E-state index < -0.39 is 5.92 Å². The van der Waals surface area contributed by atoms with Gasteiger partial charge in [-0.15, -0.1) is 0 Å². The zero-order valence-electron chi connectivity index (χ0n) is 15.6. The molecule has 0 bridgehead atoms. The molecular weight excluding hydrogens is 318 g/mol. The van der Waals surface area contributed by atoms with E-state index in [0.29, 0.717) is 18.9 Å². The summed E-state index contributed by atoms with van der Waals surface area (Å²) in [6.45, 7) is 6.65. The molecule has 1 aromatic rings. The van der Waals surface area contributed by atoms with Crippen molar-refractivity contribution in [2.45, 2.75) is 33.1 Å². The predicted molar refractivity (Wildman–Crippen MR) is 99.0 cm³/mol. The maximum absolute atomic E-state index is 12.4. The van der Waals surface area contributed by atoms with Crippen molar-refractivity contribution in [3.05, 3.63) is 41.5 Å². The fourth-order valence-corrected chi connectivity index (χ4v) is 2.42. The zero-order valence-corrected chi connectivity index (χ0v) is 15.6. The van der Waals surface area contributed by atoms with E-state index in [1.165, 1.54) is 18.7 Å². The van der Waals surface area contributed by atoms with Gasteiger partial charge in [-0.2, -0.15) is 0 Å². The SMILES string of the molecule is COC(=O)C(C)CN(CCCO)C(=O)/C=C/c1ccc(C(C)C)cc1. The molecule has 0 heterocycles. The van der Waals surface area contributed by atoms with E-state index in [2.05, 4.69) is 26.0 Å². The number of ether oxygens (including phenoxy) is 1. The quantitative estimate of drug-likeness (QED) is 0.551. The minimum Gasteiger partial charge on any atom is -0.469 e. The number of nitrogens with zero attached hydrogens (tertiary/aromatic N) is 1. The van der Waals surface area contributed by atoms with Crippen LogP contribution >= 0.6 is 0 Å². The van der Waals surface area contributed by atoms with Crippen LogP contribution in [-0.4, -0.2) is 48.7 Å². The lowest BCUT2D eigenvalue weighted by atomic mass is 10.0. The summed E-state index contributed by atoms with van der Waals surface area (Å²) >= 11 is 0. The van der Waals surface area contributed by atoms with Crippen molar-refractivity contribution in [3.63, 3.8) is 0 Å². The predicted octanol–water partition coefficient (Wildman–Crippen LogP) is 2.84. The van der Waals surface area contributed by atoms with Crippen LogP contribution in [0, 0.1) is 5.92 Å². The lowest BCUT2D eigenvalue weighted by Crippen LogP contribution is -2.37. The third kappa shape index (κ3) is 7.10. The molecule has 1 atom stereocenters. The van der Waals surface area contributed by atoms with Gasteiger partial charge in [0.15, 0.2) is 0 Å². The molecule has 1 N–H and O–H groups in total. The number of carbonyl (C=O) groups is 2. The molecule has 0 aliphatic carbocycles. The second kappa shape index (κ2) is 10.7. The Hall–Kier alpha value is -2.14. The van der Waals surface area contributed by atoms with Crippen LogP contribution < -0.4 is 0 Å². The first-order chi connectivity index (χ1) is 11.9. The van der Waals surface area contributed by atoms with Crippen molar-refractivity contribution in [1.82, 2.24) is 4.90 Å². The molecule has 138 valence electrons. The second-order valence-corrected chi connectivity index (χ2v) is 6.44. The molecule has 1 unspecified atom stereocenters. The van der Waals surface area contributed by atoms with Crippen LogP contribution in [0.4, 0.5) is 0 Å². The first kappa shape index (κ1) is 20.9. The van der Waals surface area contributed by atoms with Gasteiger partial charge < -0.3 is 14.7 Å². The molecule has 25 heavy (non-hydrogen) atoms. The zero-order chi connectivity index (χ0) is 18.8. The normalized spacial score (nSPS) is 12.4. The van der Waals surface area contributed by atoms with Gasteiger partial charge in [0.2, 0.25) is 5.91 Å². The molecule has 0 radical (unpaired) electrons. The monoisotopic (exact) mass is 347 g/mol. The minimum atomic E-state index is -0.411. The fraction of sp³-hybridized carbons (Fsp3) is 0.500. The maximum Gasteiger partial charge on any atom is 0.310 e. The third-order valence-corrected chi connectivity index (χ3v) is 4.02. The summed E-state index contributed by atoms with van der Waals surface area (Å²) in [5.74, 6) is -0.480. The van der Waals surface area contributed by atoms with Crippen molar-refractivity contribution in [2.75, 3.05) is 26.8 Å². The largest absolute Gasteiger partial charge is 0.469 e. The highest BCUT2D eigenvalue weighted by molar-refractivity contribution is 5.92. The van der Waals surface area contributed by atoms with E-state index in [9.17, 15) is 9.59 Å². The number of esters is 1. The van der Waals surface area contributed by atoms with Crippen molar-refractivity contribution in [1.29, 1.82) is 0 Å². The number of aliphatic hydroxyl groups is 1. The van der Waals surface area contributed by atoms with Gasteiger partial charge in [0, 0.05) is 25.8 Å². The van der Waals surface area contributed by atoms with Crippen LogP contribution in [0.1, 0.15) is 44.2 Å². The Labute approximate surface area is 150 Å². The summed E-state index contributed by atoms with van der Waals surface area (Å²) in [6.07, 6.45) is 3.74. The first-order valence-electron chi connectivity index (χ1n) is 8.64. The molecule has 5 nitrogen and oxygen atoms in total. The van der Waals surface area contributed by atoms with E-state index in [1.54, 1.807) is 17.9 Å². The average Bonchev–Trinajstić information content (AvgIpc) is 2.62. The summed E-state index contributed by atoms with van der Waals surface area (Å²) in [4.78, 5) is 25.6.